The number of nitrogens with zero attached hydrogens (tertiary/aromatic N) is 2. The molecule has 0 aliphatic carbocycles. The monoisotopic (exact) mass is 769 g/mol. The van der Waals surface area contributed by atoms with Crippen molar-refractivity contribution in [3.05, 3.63) is 217 Å². The molecule has 3 heterocycles. The van der Waals surface area contributed by atoms with Gasteiger partial charge in [-0.3, -0.25) is 0 Å². The summed E-state index contributed by atoms with van der Waals surface area (Å²) in [6, 6.07) is 69.9. The van der Waals surface area contributed by atoms with E-state index in [2.05, 4.69) is 169 Å². The molecule has 5 heteroatoms. The number of furan rings is 2. The second kappa shape index (κ2) is 13.8. The molecule has 1 unspecified atom stereocenters. The van der Waals surface area contributed by atoms with Crippen LogP contribution in [0.25, 0.3) is 88.0 Å². The van der Waals surface area contributed by atoms with E-state index in [1.807, 2.05) is 36.4 Å². The van der Waals surface area contributed by atoms with Crippen molar-refractivity contribution in [2.24, 2.45) is 9.98 Å². The third-order valence-corrected chi connectivity index (χ3v) is 11.8. The van der Waals surface area contributed by atoms with E-state index in [1.165, 1.54) is 21.9 Å². The van der Waals surface area contributed by atoms with Gasteiger partial charge in [0.2, 0.25) is 0 Å². The molecule has 0 bridgehead atoms. The highest BCUT2D eigenvalue weighted by Crippen LogP contribution is 2.41. The molecule has 1 aliphatic rings. The van der Waals surface area contributed by atoms with Gasteiger partial charge in [-0.15, -0.1) is 0 Å². The van der Waals surface area contributed by atoms with Crippen molar-refractivity contribution in [2.45, 2.75) is 6.17 Å². The largest absolute Gasteiger partial charge is 0.456 e. The quantitative estimate of drug-likeness (QED) is 0.183. The van der Waals surface area contributed by atoms with E-state index < -0.39 is 0 Å². The number of benzene rings is 9. The van der Waals surface area contributed by atoms with Crippen molar-refractivity contribution in [1.29, 1.82) is 0 Å². The third kappa shape index (κ3) is 5.70. The maximum Gasteiger partial charge on any atom is 0.159 e. The van der Waals surface area contributed by atoms with Crippen LogP contribution >= 0.6 is 0 Å². The van der Waals surface area contributed by atoms with Crippen LogP contribution in [-0.2, 0) is 0 Å². The Morgan fingerprint density at radius 2 is 1.02 bits per heavy atom. The molecule has 2 aromatic heterocycles. The minimum Gasteiger partial charge on any atom is -0.456 e. The summed E-state index contributed by atoms with van der Waals surface area (Å²) in [5.74, 6) is 1.47. The Bertz CT molecular complexity index is 3500. The number of aliphatic imine (C=N–C) groups is 2. The van der Waals surface area contributed by atoms with E-state index in [4.69, 9.17) is 18.8 Å². The van der Waals surface area contributed by atoms with Gasteiger partial charge in [0.15, 0.2) is 5.84 Å². The molecule has 12 rings (SSSR count). The van der Waals surface area contributed by atoms with Crippen molar-refractivity contribution >= 4 is 66.3 Å². The summed E-state index contributed by atoms with van der Waals surface area (Å²) < 4.78 is 12.9. The fraction of sp³-hybridized carbons (Fsp3) is 0.0182. The molecule has 5 nitrogen and oxygen atoms in total. The van der Waals surface area contributed by atoms with Crippen LogP contribution in [0, 0.1) is 0 Å². The lowest BCUT2D eigenvalue weighted by atomic mass is 9.96. The molecule has 1 aliphatic heterocycles. The normalized spacial score (nSPS) is 14.2. The van der Waals surface area contributed by atoms with Crippen LogP contribution in [0.15, 0.2) is 219 Å². The SMILES string of the molecule is c1ccc(C2=NC(c3ccc(-c4cccc5oc6ccc(-c7cccc8c7oc7ccccc78)cc6c45)cc3)=NC(c3ccc(-c4cccc5ccccc45)cc3)N2)cc1. The maximum absolute atomic E-state index is 6.45. The Hall–Kier alpha value is -8.02. The van der Waals surface area contributed by atoms with Crippen molar-refractivity contribution in [3.8, 4) is 33.4 Å². The van der Waals surface area contributed by atoms with Crippen LogP contribution < -0.4 is 5.32 Å². The molecular weight excluding hydrogens is 735 g/mol. The third-order valence-electron chi connectivity index (χ3n) is 11.8. The molecule has 1 atom stereocenters. The highest BCUT2D eigenvalue weighted by Gasteiger charge is 2.22. The predicted octanol–water partition coefficient (Wildman–Crippen LogP) is 14.1. The van der Waals surface area contributed by atoms with Crippen molar-refractivity contribution in [2.75, 3.05) is 0 Å². The van der Waals surface area contributed by atoms with E-state index in [0.29, 0.717) is 5.84 Å². The highest BCUT2D eigenvalue weighted by molar-refractivity contribution is 6.16. The van der Waals surface area contributed by atoms with Crippen molar-refractivity contribution in [1.82, 2.24) is 5.32 Å². The van der Waals surface area contributed by atoms with Crippen molar-refractivity contribution < 1.29 is 8.83 Å². The molecule has 0 fully saturated rings. The smallest absolute Gasteiger partial charge is 0.159 e. The zero-order chi connectivity index (χ0) is 39.6. The summed E-state index contributed by atoms with van der Waals surface area (Å²) in [7, 11) is 0. The molecule has 282 valence electrons. The summed E-state index contributed by atoms with van der Waals surface area (Å²) in [5, 5.41) is 10.5. The van der Waals surface area contributed by atoms with Gasteiger partial charge in [0.25, 0.3) is 0 Å². The van der Waals surface area contributed by atoms with Crippen molar-refractivity contribution in [3.63, 3.8) is 0 Å². The fourth-order valence-corrected chi connectivity index (χ4v) is 8.82. The fourth-order valence-electron chi connectivity index (χ4n) is 8.82. The van der Waals surface area contributed by atoms with Gasteiger partial charge in [-0.05, 0) is 68.4 Å². The molecule has 1 N–H and O–H groups in total. The first kappa shape index (κ1) is 34.1. The number of nitrogens with one attached hydrogen (secondary N) is 1. The van der Waals surface area contributed by atoms with Crippen LogP contribution in [0.2, 0.25) is 0 Å². The number of para-hydroxylation sites is 2. The molecule has 0 amide bonds. The minimum absolute atomic E-state index is 0.320. The molecule has 0 radical (unpaired) electrons. The van der Waals surface area contributed by atoms with Gasteiger partial charge in [-0.2, -0.15) is 0 Å². The first-order valence-electron chi connectivity index (χ1n) is 20.3. The zero-order valence-electron chi connectivity index (χ0n) is 32.3. The number of hydrogen-bond donors (Lipinski definition) is 1. The molecule has 0 saturated heterocycles. The van der Waals surface area contributed by atoms with Crippen LogP contribution in [-0.4, -0.2) is 11.7 Å². The lowest BCUT2D eigenvalue weighted by Crippen LogP contribution is -2.33. The van der Waals surface area contributed by atoms with Gasteiger partial charge in [-0.1, -0.05) is 176 Å². The van der Waals surface area contributed by atoms with Gasteiger partial charge in [-0.25, -0.2) is 9.98 Å². The molecular formula is C55H35N3O2. The molecule has 60 heavy (non-hydrogen) atoms. The second-order valence-electron chi connectivity index (χ2n) is 15.3. The average Bonchev–Trinajstić information content (AvgIpc) is 3.90. The Morgan fingerprint density at radius 3 is 1.90 bits per heavy atom. The summed E-state index contributed by atoms with van der Waals surface area (Å²) in [6.07, 6.45) is -0.320. The van der Waals surface area contributed by atoms with Gasteiger partial charge in [0, 0.05) is 38.2 Å². The van der Waals surface area contributed by atoms with E-state index in [1.54, 1.807) is 0 Å². The van der Waals surface area contributed by atoms with E-state index >= 15 is 0 Å². The Morgan fingerprint density at radius 1 is 0.400 bits per heavy atom. The summed E-state index contributed by atoms with van der Waals surface area (Å²) in [5.41, 5.74) is 13.2. The Balaban J connectivity index is 0.911. The number of hydrogen-bond acceptors (Lipinski definition) is 5. The standard InChI is InChI=1S/C55H35N3O2/c1-2-12-37(13-3-1)53-56-54(38-27-23-35(24-28-38)42-17-8-14-34-11-4-5-15-41(34)42)58-55(57-53)39-29-25-36(26-30-39)43-18-10-22-50-51(43)47-33-40(31-32-49(47)59-50)44-19-9-20-46-45-16-6-7-21-48(45)60-52(44)46/h1-33,54H,(H,56,57,58). The van der Waals surface area contributed by atoms with Crippen LogP contribution in [0.5, 0.6) is 0 Å². The zero-order valence-corrected chi connectivity index (χ0v) is 32.3. The van der Waals surface area contributed by atoms with Crippen LogP contribution in [0.3, 0.4) is 0 Å². The molecule has 0 spiro atoms. The molecule has 9 aromatic carbocycles. The van der Waals surface area contributed by atoms with Gasteiger partial charge in [0.05, 0.1) is 0 Å². The van der Waals surface area contributed by atoms with E-state index in [-0.39, 0.29) is 6.17 Å². The Kier molecular flexibility index (Phi) is 7.85. The summed E-state index contributed by atoms with van der Waals surface area (Å²) in [4.78, 5) is 10.3. The van der Waals surface area contributed by atoms with Gasteiger partial charge in [0.1, 0.15) is 34.3 Å². The number of rotatable bonds is 6. The average molecular weight is 770 g/mol. The topological polar surface area (TPSA) is 63.0 Å². The highest BCUT2D eigenvalue weighted by atomic mass is 16.3. The molecule has 11 aromatic rings. The first-order valence-corrected chi connectivity index (χ1v) is 20.3. The van der Waals surface area contributed by atoms with E-state index in [0.717, 1.165) is 88.7 Å². The predicted molar refractivity (Wildman–Crippen MR) is 247 cm³/mol. The first-order chi connectivity index (χ1) is 29.7. The summed E-state index contributed by atoms with van der Waals surface area (Å²) >= 11 is 0. The Labute approximate surface area is 345 Å². The van der Waals surface area contributed by atoms with Crippen LogP contribution in [0.1, 0.15) is 22.9 Å². The molecule has 0 saturated carbocycles. The number of fused-ring (bicyclic) bond motifs is 7. The summed E-state index contributed by atoms with van der Waals surface area (Å²) in [6.45, 7) is 0. The van der Waals surface area contributed by atoms with Gasteiger partial charge >= 0.3 is 0 Å². The second-order valence-corrected chi connectivity index (χ2v) is 15.3. The number of amidine groups is 2. The van der Waals surface area contributed by atoms with Gasteiger partial charge < -0.3 is 14.2 Å². The maximum atomic E-state index is 6.45. The van der Waals surface area contributed by atoms with Crippen LogP contribution in [0.4, 0.5) is 0 Å². The lowest BCUT2D eigenvalue weighted by molar-refractivity contribution is 0.668. The minimum atomic E-state index is -0.320. The lowest BCUT2D eigenvalue weighted by Gasteiger charge is -2.24. The van der Waals surface area contributed by atoms with E-state index in [9.17, 15) is 0 Å².